The molecule has 0 saturated carbocycles. The first-order valence-corrected chi connectivity index (χ1v) is 5.57. The van der Waals surface area contributed by atoms with Crippen molar-refractivity contribution in [3.63, 3.8) is 0 Å². The average Bonchev–Trinajstić information content (AvgIpc) is 2.52. The van der Waals surface area contributed by atoms with E-state index in [4.69, 9.17) is 4.74 Å². The van der Waals surface area contributed by atoms with Crippen LogP contribution in [0.15, 0.2) is 47.8 Å². The van der Waals surface area contributed by atoms with E-state index in [1.165, 1.54) is 32.1 Å². The van der Waals surface area contributed by atoms with Gasteiger partial charge in [-0.3, -0.25) is 4.79 Å². The fraction of sp³-hybridized carbons (Fsp3) is 0.286. The van der Waals surface area contributed by atoms with Crippen molar-refractivity contribution >= 4 is 11.8 Å². The van der Waals surface area contributed by atoms with E-state index in [0.29, 0.717) is 0 Å². The second-order valence-corrected chi connectivity index (χ2v) is 4.09. The first kappa shape index (κ1) is 14.0. The van der Waals surface area contributed by atoms with Crippen LogP contribution in [0.1, 0.15) is 20.8 Å². The lowest BCUT2D eigenvalue weighted by atomic mass is 10.0. The van der Waals surface area contributed by atoms with E-state index in [1.807, 2.05) is 6.92 Å². The van der Waals surface area contributed by atoms with Crippen LogP contribution in [0.2, 0.25) is 0 Å². The summed E-state index contributed by atoms with van der Waals surface area (Å²) in [6.07, 6.45) is 9.15. The molecule has 1 aliphatic heterocycles. The van der Waals surface area contributed by atoms with Crippen molar-refractivity contribution in [2.75, 3.05) is 0 Å². The van der Waals surface area contributed by atoms with Gasteiger partial charge in [0.15, 0.2) is 11.4 Å². The molecule has 1 atom stereocenters. The second kappa shape index (κ2) is 5.49. The molecule has 0 amide bonds. The maximum absolute atomic E-state index is 11.4. The van der Waals surface area contributed by atoms with Crippen molar-refractivity contribution < 1.29 is 19.4 Å². The largest absolute Gasteiger partial charge is 0.507 e. The van der Waals surface area contributed by atoms with Crippen LogP contribution in [0, 0.1) is 0 Å². The number of carbonyl (C=O) groups is 2. The van der Waals surface area contributed by atoms with Gasteiger partial charge < -0.3 is 9.84 Å². The van der Waals surface area contributed by atoms with Gasteiger partial charge in [-0.25, -0.2) is 4.79 Å². The van der Waals surface area contributed by atoms with Gasteiger partial charge in [-0.05, 0) is 39.0 Å². The van der Waals surface area contributed by atoms with Crippen molar-refractivity contribution in [3.8, 4) is 0 Å². The van der Waals surface area contributed by atoms with E-state index in [0.717, 1.165) is 0 Å². The fourth-order valence-corrected chi connectivity index (χ4v) is 1.46. The van der Waals surface area contributed by atoms with Crippen molar-refractivity contribution in [2.24, 2.45) is 0 Å². The lowest BCUT2D eigenvalue weighted by molar-refractivity contribution is -0.143. The summed E-state index contributed by atoms with van der Waals surface area (Å²) >= 11 is 0. The van der Waals surface area contributed by atoms with Gasteiger partial charge in [0.1, 0.15) is 5.76 Å². The number of esters is 1. The lowest BCUT2D eigenvalue weighted by Gasteiger charge is -2.18. The molecule has 0 aromatic carbocycles. The summed E-state index contributed by atoms with van der Waals surface area (Å²) < 4.78 is 5.01. The highest BCUT2D eigenvalue weighted by Crippen LogP contribution is 2.31. The summed E-state index contributed by atoms with van der Waals surface area (Å²) in [6.45, 7) is 4.84. The van der Waals surface area contributed by atoms with Gasteiger partial charge >= 0.3 is 5.97 Å². The molecule has 0 aliphatic carbocycles. The third-order valence-corrected chi connectivity index (χ3v) is 2.57. The van der Waals surface area contributed by atoms with Gasteiger partial charge in [-0.15, -0.1) is 0 Å². The zero-order valence-corrected chi connectivity index (χ0v) is 10.6. The third kappa shape index (κ3) is 2.97. The molecule has 96 valence electrons. The van der Waals surface area contributed by atoms with E-state index >= 15 is 0 Å². The third-order valence-electron chi connectivity index (χ3n) is 2.57. The van der Waals surface area contributed by atoms with Crippen molar-refractivity contribution in [3.05, 3.63) is 47.8 Å². The number of hydrogen-bond donors (Lipinski definition) is 1. The van der Waals surface area contributed by atoms with E-state index < -0.39 is 11.6 Å². The molecule has 0 aromatic heterocycles. The Kier molecular flexibility index (Phi) is 4.26. The second-order valence-electron chi connectivity index (χ2n) is 4.09. The predicted molar refractivity (Wildman–Crippen MR) is 67.9 cm³/mol. The molecule has 0 bridgehead atoms. The Hall–Kier alpha value is -2.10. The Morgan fingerprint density at radius 2 is 2.00 bits per heavy atom. The van der Waals surface area contributed by atoms with Crippen LogP contribution >= 0.6 is 0 Å². The van der Waals surface area contributed by atoms with Gasteiger partial charge in [-0.2, -0.15) is 0 Å². The molecule has 0 spiro atoms. The Morgan fingerprint density at radius 1 is 1.33 bits per heavy atom. The minimum absolute atomic E-state index is 0.158. The molecule has 1 N–H and O–H groups in total. The minimum atomic E-state index is -1.24. The maximum Gasteiger partial charge on any atom is 0.338 e. The molecule has 1 aliphatic rings. The Morgan fingerprint density at radius 3 is 2.50 bits per heavy atom. The fourth-order valence-electron chi connectivity index (χ4n) is 1.46. The number of aliphatic hydroxyl groups is 1. The number of aliphatic hydroxyl groups excluding tert-OH is 1. The lowest BCUT2D eigenvalue weighted by Crippen LogP contribution is -2.25. The molecule has 0 radical (unpaired) electrons. The minimum Gasteiger partial charge on any atom is -0.507 e. The van der Waals surface area contributed by atoms with E-state index in [9.17, 15) is 14.7 Å². The normalized spacial score (nSPS) is 24.7. The van der Waals surface area contributed by atoms with Crippen molar-refractivity contribution in [2.45, 2.75) is 26.4 Å². The Bertz CT molecular complexity index is 480. The quantitative estimate of drug-likeness (QED) is 0.471. The molecule has 1 heterocycles. The van der Waals surface area contributed by atoms with Gasteiger partial charge in [-0.1, -0.05) is 18.2 Å². The standard InChI is InChI=1S/C14H16O4/c1-4-5-6-7-11(15)8-9-14(3)12(16)10(2)13(17)18-14/h4-9,16H,1-3H3/b5-4+,7-6+,9-8+/t14-/m0/s1. The molecule has 18 heavy (non-hydrogen) atoms. The highest BCUT2D eigenvalue weighted by Gasteiger charge is 2.40. The number of ether oxygens (including phenoxy) is 1. The molecule has 4 nitrogen and oxygen atoms in total. The van der Waals surface area contributed by atoms with Crippen molar-refractivity contribution in [1.29, 1.82) is 0 Å². The van der Waals surface area contributed by atoms with E-state index in [2.05, 4.69) is 0 Å². The highest BCUT2D eigenvalue weighted by atomic mass is 16.6. The summed E-state index contributed by atoms with van der Waals surface area (Å²) in [5.41, 5.74) is -1.08. The molecule has 0 unspecified atom stereocenters. The van der Waals surface area contributed by atoms with Crippen LogP contribution < -0.4 is 0 Å². The Balaban J connectivity index is 2.80. The monoisotopic (exact) mass is 248 g/mol. The number of ketones is 1. The van der Waals surface area contributed by atoms with Crippen LogP contribution in [0.4, 0.5) is 0 Å². The molecule has 0 fully saturated rings. The van der Waals surface area contributed by atoms with Crippen LogP contribution in [0.3, 0.4) is 0 Å². The molecular formula is C14H16O4. The average molecular weight is 248 g/mol. The summed E-state index contributed by atoms with van der Waals surface area (Å²) in [6, 6.07) is 0. The van der Waals surface area contributed by atoms with Crippen molar-refractivity contribution in [1.82, 2.24) is 0 Å². The molecule has 1 rings (SSSR count). The number of rotatable bonds is 4. The van der Waals surface area contributed by atoms with E-state index in [1.54, 1.807) is 18.2 Å². The highest BCUT2D eigenvalue weighted by molar-refractivity contribution is 6.00. The van der Waals surface area contributed by atoms with Gasteiger partial charge in [0, 0.05) is 0 Å². The SMILES string of the molecule is C/C=C/C=C/C(=O)/C=C/[C@]1(C)OC(=O)C(C)=C1O. The molecule has 0 saturated heterocycles. The number of allylic oxidation sites excluding steroid dienone is 5. The number of cyclic esters (lactones) is 1. The molecule has 4 heteroatoms. The summed E-state index contributed by atoms with van der Waals surface area (Å²) in [7, 11) is 0. The maximum atomic E-state index is 11.4. The zero-order chi connectivity index (χ0) is 13.8. The van der Waals surface area contributed by atoms with Gasteiger partial charge in [0.2, 0.25) is 0 Å². The van der Waals surface area contributed by atoms with Crippen LogP contribution in [0.5, 0.6) is 0 Å². The number of carbonyl (C=O) groups excluding carboxylic acids is 2. The van der Waals surface area contributed by atoms with Gasteiger partial charge in [0.25, 0.3) is 0 Å². The summed E-state index contributed by atoms with van der Waals surface area (Å²) in [5, 5.41) is 9.76. The van der Waals surface area contributed by atoms with Crippen LogP contribution in [-0.2, 0) is 14.3 Å². The molecule has 0 aromatic rings. The van der Waals surface area contributed by atoms with E-state index in [-0.39, 0.29) is 17.1 Å². The van der Waals surface area contributed by atoms with Crippen LogP contribution in [-0.4, -0.2) is 22.5 Å². The first-order valence-electron chi connectivity index (χ1n) is 5.57. The van der Waals surface area contributed by atoms with Crippen LogP contribution in [0.25, 0.3) is 0 Å². The Labute approximate surface area is 106 Å². The summed E-state index contributed by atoms with van der Waals surface area (Å²) in [5.74, 6) is -0.978. The predicted octanol–water partition coefficient (Wildman–Crippen LogP) is 2.39. The zero-order valence-electron chi connectivity index (χ0n) is 10.6. The smallest absolute Gasteiger partial charge is 0.338 e. The molecular weight excluding hydrogens is 232 g/mol. The first-order chi connectivity index (χ1) is 8.40. The van der Waals surface area contributed by atoms with Gasteiger partial charge in [0.05, 0.1) is 5.57 Å². The topological polar surface area (TPSA) is 63.6 Å². The number of hydrogen-bond acceptors (Lipinski definition) is 4. The summed E-state index contributed by atoms with van der Waals surface area (Å²) in [4.78, 5) is 22.7.